The molecule has 168 valence electrons. The van der Waals surface area contributed by atoms with Gasteiger partial charge in [-0.1, -0.05) is 24.3 Å². The molecule has 1 heterocycles. The highest BCUT2D eigenvalue weighted by atomic mass is 127. The number of aliphatic imine (C=N–C) groups is 1. The summed E-state index contributed by atoms with van der Waals surface area (Å²) >= 11 is 1.77. The van der Waals surface area contributed by atoms with Crippen LogP contribution in [0.15, 0.2) is 52.4 Å². The molecule has 6 nitrogen and oxygen atoms in total. The molecule has 0 radical (unpaired) electrons. The zero-order chi connectivity index (χ0) is 21.3. The molecular weight excluding hydrogens is 521 g/mol. The summed E-state index contributed by atoms with van der Waals surface area (Å²) in [5.41, 5.74) is 4.76. The van der Waals surface area contributed by atoms with Gasteiger partial charge in [0.15, 0.2) is 5.96 Å². The summed E-state index contributed by atoms with van der Waals surface area (Å²) < 4.78 is 0. The molecule has 2 aromatic rings. The Morgan fingerprint density at radius 2 is 1.97 bits per heavy atom. The number of nitrogens with one attached hydrogen (secondary N) is 3. The van der Waals surface area contributed by atoms with Gasteiger partial charge in [0, 0.05) is 36.8 Å². The highest BCUT2D eigenvalue weighted by Crippen LogP contribution is 2.21. The Morgan fingerprint density at radius 1 is 1.19 bits per heavy atom. The van der Waals surface area contributed by atoms with Crippen LogP contribution in [-0.4, -0.2) is 44.3 Å². The third-order valence-electron chi connectivity index (χ3n) is 4.99. The zero-order valence-corrected chi connectivity index (χ0v) is 21.6. The van der Waals surface area contributed by atoms with Crippen molar-refractivity contribution in [3.8, 4) is 0 Å². The topological polar surface area (TPSA) is 68.8 Å². The number of thioether (sulfide) groups is 1. The van der Waals surface area contributed by atoms with E-state index in [9.17, 15) is 4.79 Å². The van der Waals surface area contributed by atoms with E-state index in [0.29, 0.717) is 19.6 Å². The molecule has 1 amide bonds. The average molecular weight is 554 g/mol. The largest absolute Gasteiger partial charge is 0.360 e. The molecule has 1 fully saturated rings. The molecule has 1 aliphatic rings. The number of carbonyl (C=O) groups excluding carboxylic acids is 1. The molecule has 1 aliphatic heterocycles. The first-order valence-electron chi connectivity index (χ1n) is 10.4. The third kappa shape index (κ3) is 7.60. The lowest BCUT2D eigenvalue weighted by atomic mass is 10.1. The van der Waals surface area contributed by atoms with Crippen LogP contribution in [0.4, 0.5) is 5.69 Å². The second kappa shape index (κ2) is 12.8. The number of piperazine rings is 1. The van der Waals surface area contributed by atoms with Crippen molar-refractivity contribution in [1.82, 2.24) is 16.0 Å². The summed E-state index contributed by atoms with van der Waals surface area (Å²) in [5, 5.41) is 9.62. The maximum Gasteiger partial charge on any atom is 0.239 e. The second-order valence-corrected chi connectivity index (χ2v) is 8.15. The predicted octanol–water partition coefficient (Wildman–Crippen LogP) is 3.53. The van der Waals surface area contributed by atoms with Gasteiger partial charge in [0.05, 0.1) is 13.1 Å². The summed E-state index contributed by atoms with van der Waals surface area (Å²) in [7, 11) is 0. The number of hydrogen-bond acceptors (Lipinski definition) is 4. The Bertz CT molecular complexity index is 888. The molecule has 0 spiro atoms. The smallest absolute Gasteiger partial charge is 0.239 e. The van der Waals surface area contributed by atoms with Crippen molar-refractivity contribution in [3.05, 3.63) is 59.2 Å². The van der Waals surface area contributed by atoms with E-state index >= 15 is 0 Å². The predicted molar refractivity (Wildman–Crippen MR) is 142 cm³/mol. The molecule has 0 unspecified atom stereocenters. The number of guanidine groups is 1. The maximum atomic E-state index is 11.6. The molecule has 0 saturated carbocycles. The van der Waals surface area contributed by atoms with Gasteiger partial charge in [-0.15, -0.1) is 35.7 Å². The molecule has 0 bridgehead atoms. The summed E-state index contributed by atoms with van der Waals surface area (Å²) in [4.78, 5) is 19.7. The fourth-order valence-electron chi connectivity index (χ4n) is 3.36. The van der Waals surface area contributed by atoms with Crippen molar-refractivity contribution in [2.24, 2.45) is 4.99 Å². The Labute approximate surface area is 206 Å². The summed E-state index contributed by atoms with van der Waals surface area (Å²) in [6.07, 6.45) is 2.11. The van der Waals surface area contributed by atoms with Crippen LogP contribution in [0, 0.1) is 6.92 Å². The van der Waals surface area contributed by atoms with Gasteiger partial charge in [-0.3, -0.25) is 4.79 Å². The molecule has 2 aromatic carbocycles. The van der Waals surface area contributed by atoms with Gasteiger partial charge in [-0.25, -0.2) is 4.99 Å². The number of anilines is 1. The molecular formula is C23H32IN5OS. The van der Waals surface area contributed by atoms with E-state index in [0.717, 1.165) is 36.8 Å². The lowest BCUT2D eigenvalue weighted by Gasteiger charge is -2.28. The zero-order valence-electron chi connectivity index (χ0n) is 18.4. The first kappa shape index (κ1) is 25.3. The fourth-order valence-corrected chi connectivity index (χ4v) is 4.07. The number of aryl methyl sites for hydroxylation is 1. The summed E-state index contributed by atoms with van der Waals surface area (Å²) in [5.74, 6) is 0.886. The van der Waals surface area contributed by atoms with E-state index in [1.54, 1.807) is 11.8 Å². The van der Waals surface area contributed by atoms with Gasteiger partial charge in [0.1, 0.15) is 0 Å². The van der Waals surface area contributed by atoms with Crippen LogP contribution in [0.5, 0.6) is 0 Å². The van der Waals surface area contributed by atoms with Gasteiger partial charge in [0.2, 0.25) is 5.91 Å². The first-order chi connectivity index (χ1) is 14.6. The van der Waals surface area contributed by atoms with Gasteiger partial charge in [-0.05, 0) is 55.0 Å². The van der Waals surface area contributed by atoms with Crippen LogP contribution in [0.1, 0.15) is 23.6 Å². The van der Waals surface area contributed by atoms with Gasteiger partial charge in [0.25, 0.3) is 0 Å². The van der Waals surface area contributed by atoms with Crippen molar-refractivity contribution in [1.29, 1.82) is 0 Å². The summed E-state index contributed by atoms with van der Waals surface area (Å²) in [6, 6.07) is 14.9. The minimum absolute atomic E-state index is 0. The number of nitrogens with zero attached hydrogens (tertiary/aromatic N) is 2. The molecule has 1 saturated heterocycles. The highest BCUT2D eigenvalue weighted by Gasteiger charge is 2.16. The van der Waals surface area contributed by atoms with Crippen LogP contribution in [0.2, 0.25) is 0 Å². The van der Waals surface area contributed by atoms with Gasteiger partial charge in [-0.2, -0.15) is 0 Å². The minimum atomic E-state index is 0. The normalized spacial score (nSPS) is 14.0. The number of hydrogen-bond donors (Lipinski definition) is 3. The van der Waals surface area contributed by atoms with E-state index < -0.39 is 0 Å². The Balaban J connectivity index is 0.00000341. The monoisotopic (exact) mass is 553 g/mol. The van der Waals surface area contributed by atoms with Crippen LogP contribution in [0.3, 0.4) is 0 Å². The fraction of sp³-hybridized carbons (Fsp3) is 0.391. The van der Waals surface area contributed by atoms with Crippen LogP contribution >= 0.6 is 35.7 Å². The van der Waals surface area contributed by atoms with E-state index in [2.05, 4.69) is 83.4 Å². The SMILES string of the molecule is CCNC(=NCc1ccc(N2CCNC(=O)C2)cc1)NCc1ccc(C)cc1SC.I. The van der Waals surface area contributed by atoms with Crippen molar-refractivity contribution in [3.63, 3.8) is 0 Å². The molecule has 0 aromatic heterocycles. The van der Waals surface area contributed by atoms with Gasteiger partial charge >= 0.3 is 0 Å². The van der Waals surface area contributed by atoms with Gasteiger partial charge < -0.3 is 20.9 Å². The number of amides is 1. The third-order valence-corrected chi connectivity index (χ3v) is 5.81. The van der Waals surface area contributed by atoms with Crippen molar-refractivity contribution in [2.45, 2.75) is 31.8 Å². The Morgan fingerprint density at radius 3 is 2.65 bits per heavy atom. The quantitative estimate of drug-likeness (QED) is 0.212. The molecule has 31 heavy (non-hydrogen) atoms. The van der Waals surface area contributed by atoms with E-state index in [-0.39, 0.29) is 29.9 Å². The van der Waals surface area contributed by atoms with E-state index in [1.165, 1.54) is 16.0 Å². The van der Waals surface area contributed by atoms with Crippen molar-refractivity contribution in [2.75, 3.05) is 37.3 Å². The second-order valence-electron chi connectivity index (χ2n) is 7.30. The highest BCUT2D eigenvalue weighted by molar-refractivity contribution is 14.0. The molecule has 8 heteroatoms. The Kier molecular flexibility index (Phi) is 10.5. The minimum Gasteiger partial charge on any atom is -0.360 e. The lowest BCUT2D eigenvalue weighted by molar-refractivity contribution is -0.120. The van der Waals surface area contributed by atoms with Crippen molar-refractivity contribution < 1.29 is 4.79 Å². The molecule has 3 N–H and O–H groups in total. The molecule has 0 atom stereocenters. The lowest BCUT2D eigenvalue weighted by Crippen LogP contribution is -2.47. The number of rotatable bonds is 7. The summed E-state index contributed by atoms with van der Waals surface area (Å²) in [6.45, 7) is 8.29. The number of halogens is 1. The van der Waals surface area contributed by atoms with Crippen molar-refractivity contribution >= 4 is 53.3 Å². The number of benzene rings is 2. The maximum absolute atomic E-state index is 11.6. The molecule has 0 aliphatic carbocycles. The first-order valence-corrected chi connectivity index (χ1v) is 11.6. The average Bonchev–Trinajstić information content (AvgIpc) is 2.76. The standard InChI is InChI=1S/C23H31N5OS.HI/c1-4-24-23(27-15-19-8-5-17(2)13-21(19)30-3)26-14-18-6-9-20(10-7-18)28-12-11-25-22(29)16-28;/h5-10,13H,4,11-12,14-16H2,1-3H3,(H,25,29)(H2,24,26,27);1H. The van der Waals surface area contributed by atoms with Crippen LogP contribution < -0.4 is 20.9 Å². The van der Waals surface area contributed by atoms with E-state index in [4.69, 9.17) is 4.99 Å². The van der Waals surface area contributed by atoms with Crippen LogP contribution in [-0.2, 0) is 17.9 Å². The number of carbonyl (C=O) groups is 1. The molecule has 3 rings (SSSR count). The van der Waals surface area contributed by atoms with Crippen LogP contribution in [0.25, 0.3) is 0 Å². The Hall–Kier alpha value is -1.94. The van der Waals surface area contributed by atoms with E-state index in [1.807, 2.05) is 0 Å².